The Morgan fingerprint density at radius 2 is 2.15 bits per heavy atom. The van der Waals surface area contributed by atoms with E-state index in [2.05, 4.69) is 22.5 Å². The summed E-state index contributed by atoms with van der Waals surface area (Å²) in [5, 5.41) is 6.22. The summed E-state index contributed by atoms with van der Waals surface area (Å²) in [5.41, 5.74) is 0.0509. The van der Waals surface area contributed by atoms with Gasteiger partial charge in [0.25, 0.3) is 5.91 Å². The van der Waals surface area contributed by atoms with Crippen LogP contribution in [0.2, 0.25) is 0 Å². The number of nitrogens with zero attached hydrogens (tertiary/aromatic N) is 1. The Balaban J connectivity index is 0.00000180. The standard InChI is InChI=1S/C13H18FN3O.2ClH/c1-8-3-6-16-9(2)12(8)17-13(18)10-4-5-15-7-11(10)14;;/h4-5,7-9,12,16H,3,6H2,1-2H3,(H,17,18);2*1H. The fourth-order valence-electron chi connectivity index (χ4n) is 2.39. The van der Waals surface area contributed by atoms with Gasteiger partial charge in [-0.05, 0) is 31.9 Å². The minimum Gasteiger partial charge on any atom is -0.347 e. The highest BCUT2D eigenvalue weighted by Gasteiger charge is 2.29. The number of hydrogen-bond acceptors (Lipinski definition) is 3. The van der Waals surface area contributed by atoms with E-state index in [1.54, 1.807) is 0 Å². The van der Waals surface area contributed by atoms with Gasteiger partial charge < -0.3 is 10.6 Å². The van der Waals surface area contributed by atoms with Crippen LogP contribution in [-0.2, 0) is 0 Å². The first kappa shape index (κ1) is 19.1. The lowest BCUT2D eigenvalue weighted by molar-refractivity contribution is 0.0893. The van der Waals surface area contributed by atoms with E-state index in [9.17, 15) is 9.18 Å². The third kappa shape index (κ3) is 4.30. The Morgan fingerprint density at radius 1 is 1.45 bits per heavy atom. The molecule has 1 aliphatic rings. The first-order valence-corrected chi connectivity index (χ1v) is 6.23. The maximum absolute atomic E-state index is 13.4. The smallest absolute Gasteiger partial charge is 0.254 e. The zero-order valence-electron chi connectivity index (χ0n) is 11.4. The van der Waals surface area contributed by atoms with Crippen LogP contribution in [0.4, 0.5) is 4.39 Å². The summed E-state index contributed by atoms with van der Waals surface area (Å²) in [7, 11) is 0. The Labute approximate surface area is 130 Å². The summed E-state index contributed by atoms with van der Waals surface area (Å²) in [4.78, 5) is 15.7. The van der Waals surface area contributed by atoms with Crippen molar-refractivity contribution in [2.75, 3.05) is 6.54 Å². The van der Waals surface area contributed by atoms with Gasteiger partial charge in [-0.15, -0.1) is 24.8 Å². The average Bonchev–Trinajstić information content (AvgIpc) is 2.34. The van der Waals surface area contributed by atoms with Crippen LogP contribution in [-0.4, -0.2) is 29.5 Å². The number of rotatable bonds is 2. The number of hydrogen-bond donors (Lipinski definition) is 2. The highest BCUT2D eigenvalue weighted by molar-refractivity contribution is 5.94. The number of amides is 1. The van der Waals surface area contributed by atoms with Gasteiger partial charge in [0.15, 0.2) is 5.82 Å². The number of nitrogens with one attached hydrogen (secondary N) is 2. The first-order valence-electron chi connectivity index (χ1n) is 6.23. The molecule has 1 aromatic heterocycles. The lowest BCUT2D eigenvalue weighted by atomic mass is 9.89. The third-order valence-corrected chi connectivity index (χ3v) is 3.53. The SMILES string of the molecule is CC1CCNC(C)C1NC(=O)c1ccncc1F.Cl.Cl. The largest absolute Gasteiger partial charge is 0.347 e. The van der Waals surface area contributed by atoms with E-state index >= 15 is 0 Å². The van der Waals surface area contributed by atoms with Crippen LogP contribution < -0.4 is 10.6 Å². The molecule has 0 radical (unpaired) electrons. The van der Waals surface area contributed by atoms with Gasteiger partial charge in [0.05, 0.1) is 11.8 Å². The van der Waals surface area contributed by atoms with E-state index < -0.39 is 5.82 Å². The molecule has 0 bridgehead atoms. The molecule has 2 rings (SSSR count). The van der Waals surface area contributed by atoms with Crippen LogP contribution in [0.5, 0.6) is 0 Å². The predicted octanol–water partition coefficient (Wildman–Crippen LogP) is 2.18. The molecule has 7 heteroatoms. The summed E-state index contributed by atoms with van der Waals surface area (Å²) < 4.78 is 13.4. The van der Waals surface area contributed by atoms with Crippen LogP contribution in [0.1, 0.15) is 30.6 Å². The van der Waals surface area contributed by atoms with Gasteiger partial charge in [0, 0.05) is 18.3 Å². The summed E-state index contributed by atoms with van der Waals surface area (Å²) in [6.07, 6.45) is 3.49. The maximum Gasteiger partial charge on any atom is 0.254 e. The van der Waals surface area contributed by atoms with Crippen LogP contribution in [0.15, 0.2) is 18.5 Å². The van der Waals surface area contributed by atoms with Crippen molar-refractivity contribution in [3.8, 4) is 0 Å². The van der Waals surface area contributed by atoms with Gasteiger partial charge in [-0.25, -0.2) is 4.39 Å². The van der Waals surface area contributed by atoms with Gasteiger partial charge in [-0.3, -0.25) is 9.78 Å². The topological polar surface area (TPSA) is 54.0 Å². The van der Waals surface area contributed by atoms with Crippen molar-refractivity contribution in [2.45, 2.75) is 32.4 Å². The first-order chi connectivity index (χ1) is 8.59. The highest BCUT2D eigenvalue weighted by atomic mass is 35.5. The van der Waals surface area contributed by atoms with Gasteiger partial charge >= 0.3 is 0 Å². The number of pyridine rings is 1. The fraction of sp³-hybridized carbons (Fsp3) is 0.538. The Kier molecular flexibility index (Phi) is 8.01. The van der Waals surface area contributed by atoms with E-state index in [4.69, 9.17) is 0 Å². The minimum atomic E-state index is -0.584. The molecule has 114 valence electrons. The predicted molar refractivity (Wildman–Crippen MR) is 81.2 cm³/mol. The lowest BCUT2D eigenvalue weighted by Gasteiger charge is -2.36. The Morgan fingerprint density at radius 3 is 2.75 bits per heavy atom. The van der Waals surface area contributed by atoms with Gasteiger partial charge in [0.1, 0.15) is 0 Å². The monoisotopic (exact) mass is 323 g/mol. The van der Waals surface area contributed by atoms with Crippen LogP contribution in [0.3, 0.4) is 0 Å². The number of piperidine rings is 1. The molecule has 0 spiro atoms. The number of aromatic nitrogens is 1. The molecule has 2 heterocycles. The normalized spacial score (nSPS) is 25.1. The summed E-state index contributed by atoms with van der Waals surface area (Å²) >= 11 is 0. The van der Waals surface area contributed by atoms with Gasteiger partial charge in [-0.1, -0.05) is 6.92 Å². The molecule has 3 unspecified atom stereocenters. The molecule has 2 N–H and O–H groups in total. The number of halogens is 3. The molecule has 3 atom stereocenters. The van der Waals surface area contributed by atoms with Crippen molar-refractivity contribution in [1.29, 1.82) is 0 Å². The molecule has 0 saturated carbocycles. The fourth-order valence-corrected chi connectivity index (χ4v) is 2.39. The third-order valence-electron chi connectivity index (χ3n) is 3.53. The van der Waals surface area contributed by atoms with Crippen LogP contribution in [0, 0.1) is 11.7 Å². The van der Waals surface area contributed by atoms with Crippen molar-refractivity contribution in [2.24, 2.45) is 5.92 Å². The number of carbonyl (C=O) groups is 1. The van der Waals surface area contributed by atoms with Crippen LogP contribution >= 0.6 is 24.8 Å². The molecular formula is C13H20Cl2FN3O. The second-order valence-electron chi connectivity index (χ2n) is 4.86. The molecule has 4 nitrogen and oxygen atoms in total. The van der Waals surface area contributed by atoms with Crippen LogP contribution in [0.25, 0.3) is 0 Å². The molecule has 1 aliphatic heterocycles. The van der Waals surface area contributed by atoms with E-state index in [1.165, 1.54) is 12.3 Å². The number of carbonyl (C=O) groups excluding carboxylic acids is 1. The van der Waals surface area contributed by atoms with E-state index in [0.29, 0.717) is 5.92 Å². The Hall–Kier alpha value is -0.910. The minimum absolute atomic E-state index is 0. The molecule has 20 heavy (non-hydrogen) atoms. The van der Waals surface area contributed by atoms with E-state index in [-0.39, 0.29) is 48.4 Å². The highest BCUT2D eigenvalue weighted by Crippen LogP contribution is 2.17. The average molecular weight is 324 g/mol. The van der Waals surface area contributed by atoms with Crippen molar-refractivity contribution in [3.63, 3.8) is 0 Å². The molecule has 1 aromatic rings. The van der Waals surface area contributed by atoms with Gasteiger partial charge in [0.2, 0.25) is 0 Å². The van der Waals surface area contributed by atoms with Crippen molar-refractivity contribution < 1.29 is 9.18 Å². The maximum atomic E-state index is 13.4. The molecular weight excluding hydrogens is 304 g/mol. The van der Waals surface area contributed by atoms with Crippen molar-refractivity contribution in [3.05, 3.63) is 29.8 Å². The molecule has 1 amide bonds. The van der Waals surface area contributed by atoms with Crippen molar-refractivity contribution >= 4 is 30.7 Å². The zero-order chi connectivity index (χ0) is 13.1. The Bertz CT molecular complexity index is 437. The van der Waals surface area contributed by atoms with E-state index in [1.807, 2.05) is 6.92 Å². The van der Waals surface area contributed by atoms with Crippen molar-refractivity contribution in [1.82, 2.24) is 15.6 Å². The summed E-state index contributed by atoms with van der Waals surface area (Å²) in [5.74, 6) is -0.573. The lowest BCUT2D eigenvalue weighted by Crippen LogP contribution is -2.56. The van der Waals surface area contributed by atoms with E-state index in [0.717, 1.165) is 19.2 Å². The summed E-state index contributed by atoms with van der Waals surface area (Å²) in [6, 6.07) is 1.62. The second-order valence-corrected chi connectivity index (χ2v) is 4.86. The molecule has 0 aromatic carbocycles. The molecule has 1 fully saturated rings. The quantitative estimate of drug-likeness (QED) is 0.877. The van der Waals surface area contributed by atoms with Gasteiger partial charge in [-0.2, -0.15) is 0 Å². The zero-order valence-corrected chi connectivity index (χ0v) is 13.1. The summed E-state index contributed by atoms with van der Waals surface area (Å²) in [6.45, 7) is 5.09. The second kappa shape index (κ2) is 8.39. The molecule has 1 saturated heterocycles. The molecule has 0 aliphatic carbocycles.